The Balaban J connectivity index is 1.96. The van der Waals surface area contributed by atoms with Crippen LogP contribution in [0.3, 0.4) is 0 Å². The number of ketones is 1. The van der Waals surface area contributed by atoms with E-state index in [1.165, 1.54) is 18.7 Å². The largest absolute Gasteiger partial charge is 0.479 e. The number of carbonyl (C=O) groups excluding carboxylic acids is 3. The van der Waals surface area contributed by atoms with Gasteiger partial charge in [0.25, 0.3) is 0 Å². The number of hydrogen-bond acceptors (Lipinski definition) is 6. The fourth-order valence-corrected chi connectivity index (χ4v) is 2.91. The number of esters is 1. The van der Waals surface area contributed by atoms with Crippen molar-refractivity contribution >= 4 is 35.1 Å². The second kappa shape index (κ2) is 9.94. The molecule has 0 spiro atoms. The Morgan fingerprint density at radius 3 is 2.39 bits per heavy atom. The monoisotopic (exact) mass is 401 g/mol. The second-order valence-corrected chi connectivity index (χ2v) is 7.05. The molecule has 28 heavy (non-hydrogen) atoms. The number of rotatable bonds is 8. The van der Waals surface area contributed by atoms with Crippen molar-refractivity contribution in [3.63, 3.8) is 0 Å². The number of hydrogen-bond donors (Lipinski definition) is 1. The predicted molar refractivity (Wildman–Crippen MR) is 109 cm³/mol. The summed E-state index contributed by atoms with van der Waals surface area (Å²) in [6.45, 7) is 4.51. The second-order valence-electron chi connectivity index (χ2n) is 6.20. The van der Waals surface area contributed by atoms with Crippen molar-refractivity contribution in [1.82, 2.24) is 0 Å². The molecule has 1 amide bonds. The third-order valence-corrected chi connectivity index (χ3v) is 4.64. The number of anilines is 1. The number of carbonyl (C=O) groups is 3. The molecule has 0 bridgehead atoms. The minimum Gasteiger partial charge on any atom is -0.479 e. The van der Waals surface area contributed by atoms with Crippen LogP contribution in [0.2, 0.25) is 0 Å². The van der Waals surface area contributed by atoms with Crippen molar-refractivity contribution in [1.29, 1.82) is 0 Å². The fourth-order valence-electron chi connectivity index (χ4n) is 2.38. The van der Waals surface area contributed by atoms with Gasteiger partial charge in [0.15, 0.2) is 18.5 Å². The van der Waals surface area contributed by atoms with Crippen LogP contribution in [-0.4, -0.2) is 36.6 Å². The molecule has 0 aliphatic heterocycles. The van der Waals surface area contributed by atoms with Crippen LogP contribution in [0.15, 0.2) is 47.4 Å². The lowest BCUT2D eigenvalue weighted by atomic mass is 10.1. The molecule has 7 heteroatoms. The van der Waals surface area contributed by atoms with Gasteiger partial charge < -0.3 is 14.8 Å². The molecule has 0 fully saturated rings. The van der Waals surface area contributed by atoms with Crippen LogP contribution in [0.25, 0.3) is 0 Å². The lowest BCUT2D eigenvalue weighted by molar-refractivity contribution is -0.149. The number of nitrogens with one attached hydrogen (secondary N) is 1. The first kappa shape index (κ1) is 21.5. The molecule has 2 aromatic carbocycles. The minimum atomic E-state index is -0.843. The third kappa shape index (κ3) is 6.13. The summed E-state index contributed by atoms with van der Waals surface area (Å²) < 4.78 is 10.6. The van der Waals surface area contributed by atoms with Crippen LogP contribution in [0.4, 0.5) is 5.69 Å². The average molecular weight is 401 g/mol. The van der Waals surface area contributed by atoms with E-state index in [1.54, 1.807) is 37.3 Å². The van der Waals surface area contributed by atoms with Gasteiger partial charge in [0, 0.05) is 17.4 Å². The molecule has 0 heterocycles. The van der Waals surface area contributed by atoms with Crippen LogP contribution in [0.5, 0.6) is 5.75 Å². The highest BCUT2D eigenvalue weighted by Crippen LogP contribution is 2.26. The van der Waals surface area contributed by atoms with Crippen LogP contribution < -0.4 is 10.1 Å². The summed E-state index contributed by atoms with van der Waals surface area (Å²) >= 11 is 1.45. The van der Waals surface area contributed by atoms with Gasteiger partial charge in [0.05, 0.1) is 5.69 Å². The molecule has 1 atom stereocenters. The van der Waals surface area contributed by atoms with Gasteiger partial charge in [-0.3, -0.25) is 9.59 Å². The lowest BCUT2D eigenvalue weighted by Gasteiger charge is -2.14. The van der Waals surface area contributed by atoms with E-state index in [0.717, 1.165) is 10.5 Å². The highest BCUT2D eigenvalue weighted by Gasteiger charge is 2.19. The lowest BCUT2D eigenvalue weighted by Crippen LogP contribution is -2.28. The molecule has 2 aromatic rings. The van der Waals surface area contributed by atoms with Gasteiger partial charge in [-0.05, 0) is 44.4 Å². The van der Waals surface area contributed by atoms with E-state index in [-0.39, 0.29) is 11.7 Å². The first-order valence-electron chi connectivity index (χ1n) is 8.69. The molecular weight excluding hydrogens is 378 g/mol. The summed E-state index contributed by atoms with van der Waals surface area (Å²) in [6.07, 6.45) is 1.03. The SMILES string of the molecule is CSc1ccc(C(=O)COC(=O)C(C)Oc2ccc(C)cc2)cc1NC(C)=O. The molecule has 2 rings (SSSR count). The Bertz CT molecular complexity index is 864. The van der Waals surface area contributed by atoms with E-state index in [4.69, 9.17) is 9.47 Å². The number of amides is 1. The predicted octanol–water partition coefficient (Wildman–Crippen LogP) is 3.87. The van der Waals surface area contributed by atoms with Gasteiger partial charge in [-0.1, -0.05) is 23.8 Å². The van der Waals surface area contributed by atoms with E-state index in [9.17, 15) is 14.4 Å². The van der Waals surface area contributed by atoms with Crippen molar-refractivity contribution in [2.24, 2.45) is 0 Å². The van der Waals surface area contributed by atoms with Crippen LogP contribution >= 0.6 is 11.8 Å². The highest BCUT2D eigenvalue weighted by atomic mass is 32.2. The molecule has 0 aliphatic carbocycles. The minimum absolute atomic E-state index is 0.228. The molecule has 0 saturated carbocycles. The van der Waals surface area contributed by atoms with Gasteiger partial charge in [-0.15, -0.1) is 11.8 Å². The van der Waals surface area contributed by atoms with E-state index in [1.807, 2.05) is 25.3 Å². The zero-order chi connectivity index (χ0) is 20.7. The molecular formula is C21H23NO5S. The Kier molecular flexibility index (Phi) is 7.63. The zero-order valence-corrected chi connectivity index (χ0v) is 17.1. The van der Waals surface area contributed by atoms with Gasteiger partial charge in [0.1, 0.15) is 5.75 Å². The smallest absolute Gasteiger partial charge is 0.347 e. The number of ether oxygens (including phenoxy) is 2. The van der Waals surface area contributed by atoms with Crippen molar-refractivity contribution in [3.8, 4) is 5.75 Å². The summed E-state index contributed by atoms with van der Waals surface area (Å²) in [4.78, 5) is 36.6. The summed E-state index contributed by atoms with van der Waals surface area (Å²) in [5, 5.41) is 2.69. The summed E-state index contributed by atoms with van der Waals surface area (Å²) in [6, 6.07) is 12.2. The molecule has 1 unspecified atom stereocenters. The Morgan fingerprint density at radius 2 is 1.79 bits per heavy atom. The average Bonchev–Trinajstić information content (AvgIpc) is 2.67. The molecule has 0 aliphatic rings. The molecule has 6 nitrogen and oxygen atoms in total. The Hall–Kier alpha value is -2.80. The van der Waals surface area contributed by atoms with E-state index in [2.05, 4.69) is 5.32 Å². The number of aryl methyl sites for hydroxylation is 1. The van der Waals surface area contributed by atoms with Crippen molar-refractivity contribution in [3.05, 3.63) is 53.6 Å². The number of thioether (sulfide) groups is 1. The standard InChI is InChI=1S/C21H23NO5S/c1-13-5-8-17(9-6-13)27-14(2)21(25)26-12-19(24)16-7-10-20(28-4)18(11-16)22-15(3)23/h5-11,14H,12H2,1-4H3,(H,22,23). The zero-order valence-electron chi connectivity index (χ0n) is 16.3. The maximum atomic E-state index is 12.4. The summed E-state index contributed by atoms with van der Waals surface area (Å²) in [7, 11) is 0. The van der Waals surface area contributed by atoms with Gasteiger partial charge in [0.2, 0.25) is 5.91 Å². The van der Waals surface area contributed by atoms with Crippen molar-refractivity contribution < 1.29 is 23.9 Å². The Morgan fingerprint density at radius 1 is 1.11 bits per heavy atom. The molecule has 0 aromatic heterocycles. The van der Waals surface area contributed by atoms with E-state index in [0.29, 0.717) is 17.0 Å². The maximum Gasteiger partial charge on any atom is 0.347 e. The molecule has 148 valence electrons. The van der Waals surface area contributed by atoms with Gasteiger partial charge in [-0.2, -0.15) is 0 Å². The van der Waals surface area contributed by atoms with E-state index >= 15 is 0 Å². The van der Waals surface area contributed by atoms with E-state index < -0.39 is 18.7 Å². The highest BCUT2D eigenvalue weighted by molar-refractivity contribution is 7.98. The number of Topliss-reactive ketones (excluding diaryl/α,β-unsaturated/α-hetero) is 1. The van der Waals surface area contributed by atoms with Gasteiger partial charge in [-0.25, -0.2) is 4.79 Å². The summed E-state index contributed by atoms with van der Waals surface area (Å²) in [5.41, 5.74) is 1.98. The fraction of sp³-hybridized carbons (Fsp3) is 0.286. The first-order valence-corrected chi connectivity index (χ1v) is 9.91. The van der Waals surface area contributed by atoms with Crippen LogP contribution in [0.1, 0.15) is 29.8 Å². The van der Waals surface area contributed by atoms with Crippen molar-refractivity contribution in [2.45, 2.75) is 31.8 Å². The van der Waals surface area contributed by atoms with Crippen molar-refractivity contribution in [2.75, 3.05) is 18.2 Å². The quantitative estimate of drug-likeness (QED) is 0.411. The third-order valence-electron chi connectivity index (χ3n) is 3.84. The summed E-state index contributed by atoms with van der Waals surface area (Å²) in [5.74, 6) is -0.672. The molecule has 0 saturated heterocycles. The first-order chi connectivity index (χ1) is 13.3. The Labute approximate surface area is 168 Å². The topological polar surface area (TPSA) is 81.7 Å². The van der Waals surface area contributed by atoms with Gasteiger partial charge >= 0.3 is 5.97 Å². The maximum absolute atomic E-state index is 12.4. The van der Waals surface area contributed by atoms with Crippen LogP contribution in [0, 0.1) is 6.92 Å². The molecule has 0 radical (unpaired) electrons. The van der Waals surface area contributed by atoms with Crippen LogP contribution in [-0.2, 0) is 14.3 Å². The molecule has 1 N–H and O–H groups in total. The normalized spacial score (nSPS) is 11.4. The number of benzene rings is 2.